The Morgan fingerprint density at radius 3 is 2.27 bits per heavy atom. The van der Waals surface area contributed by atoms with Crippen LogP contribution in [0.1, 0.15) is 55.1 Å². The number of amides is 1. The molecule has 0 unspecified atom stereocenters. The van der Waals surface area contributed by atoms with Crippen molar-refractivity contribution in [1.82, 2.24) is 0 Å². The molecule has 1 saturated heterocycles. The van der Waals surface area contributed by atoms with Gasteiger partial charge < -0.3 is 16.0 Å². The molecule has 1 aliphatic rings. The normalized spacial score (nSPS) is 14.5. The summed E-state index contributed by atoms with van der Waals surface area (Å²) >= 11 is 0. The Morgan fingerprint density at radius 2 is 1.69 bits per heavy atom. The Balaban J connectivity index is 1.81. The SMILES string of the molecule is Cc1cc(N)c(NC(=O)c2ccc(C(C)(C)C)cc2)cc1N1CCCC1. The van der Waals surface area contributed by atoms with Crippen LogP contribution >= 0.6 is 0 Å². The molecule has 0 spiro atoms. The molecule has 0 atom stereocenters. The maximum atomic E-state index is 12.7. The first-order valence-corrected chi connectivity index (χ1v) is 9.32. The summed E-state index contributed by atoms with van der Waals surface area (Å²) in [4.78, 5) is 15.0. The van der Waals surface area contributed by atoms with Gasteiger partial charge in [0.25, 0.3) is 5.91 Å². The van der Waals surface area contributed by atoms with Crippen molar-refractivity contribution in [3.63, 3.8) is 0 Å². The largest absolute Gasteiger partial charge is 0.397 e. The number of nitrogen functional groups attached to an aromatic ring is 1. The minimum atomic E-state index is -0.131. The Hall–Kier alpha value is -2.49. The lowest BCUT2D eigenvalue weighted by atomic mass is 9.87. The molecule has 4 heteroatoms. The standard InChI is InChI=1S/C22H29N3O/c1-15-13-18(23)19(14-20(15)25-11-5-6-12-25)24-21(26)16-7-9-17(10-8-16)22(2,3)4/h7-10,13-14H,5-6,11-12,23H2,1-4H3,(H,24,26). The summed E-state index contributed by atoms with van der Waals surface area (Å²) in [5.41, 5.74) is 11.7. The number of nitrogens with zero attached hydrogens (tertiary/aromatic N) is 1. The predicted molar refractivity (Wildman–Crippen MR) is 110 cm³/mol. The monoisotopic (exact) mass is 351 g/mol. The van der Waals surface area contributed by atoms with E-state index in [4.69, 9.17) is 5.73 Å². The van der Waals surface area contributed by atoms with Gasteiger partial charge >= 0.3 is 0 Å². The van der Waals surface area contributed by atoms with Gasteiger partial charge in [-0.1, -0.05) is 32.9 Å². The van der Waals surface area contributed by atoms with Crippen LogP contribution in [0.15, 0.2) is 36.4 Å². The topological polar surface area (TPSA) is 58.4 Å². The first-order chi connectivity index (χ1) is 12.3. The molecule has 138 valence electrons. The van der Waals surface area contributed by atoms with Gasteiger partial charge in [0.05, 0.1) is 11.4 Å². The minimum Gasteiger partial charge on any atom is -0.397 e. The molecule has 3 rings (SSSR count). The van der Waals surface area contributed by atoms with Gasteiger partial charge in [0.1, 0.15) is 0 Å². The van der Waals surface area contributed by atoms with Gasteiger partial charge in [0.2, 0.25) is 0 Å². The Bertz CT molecular complexity index is 797. The zero-order chi connectivity index (χ0) is 18.9. The van der Waals surface area contributed by atoms with Crippen molar-refractivity contribution in [2.24, 2.45) is 0 Å². The zero-order valence-corrected chi connectivity index (χ0v) is 16.2. The summed E-state index contributed by atoms with van der Waals surface area (Å²) in [5.74, 6) is -0.131. The van der Waals surface area contributed by atoms with Gasteiger partial charge in [0, 0.05) is 24.3 Å². The fourth-order valence-electron chi connectivity index (χ4n) is 3.44. The quantitative estimate of drug-likeness (QED) is 0.786. The van der Waals surface area contributed by atoms with E-state index in [0.717, 1.165) is 24.3 Å². The van der Waals surface area contributed by atoms with Gasteiger partial charge in [-0.15, -0.1) is 0 Å². The fraction of sp³-hybridized carbons (Fsp3) is 0.409. The molecule has 0 bridgehead atoms. The predicted octanol–water partition coefficient (Wildman–Crippen LogP) is 4.73. The number of hydrogen-bond acceptors (Lipinski definition) is 3. The molecular weight excluding hydrogens is 322 g/mol. The third-order valence-electron chi connectivity index (χ3n) is 5.08. The second-order valence-corrected chi connectivity index (χ2v) is 8.20. The van der Waals surface area contributed by atoms with Crippen molar-refractivity contribution in [3.05, 3.63) is 53.1 Å². The van der Waals surface area contributed by atoms with Crippen LogP contribution in [0.2, 0.25) is 0 Å². The maximum absolute atomic E-state index is 12.7. The molecule has 1 aliphatic heterocycles. The minimum absolute atomic E-state index is 0.0705. The van der Waals surface area contributed by atoms with E-state index < -0.39 is 0 Å². The number of benzene rings is 2. The summed E-state index contributed by atoms with van der Waals surface area (Å²) < 4.78 is 0. The highest BCUT2D eigenvalue weighted by Gasteiger charge is 2.18. The number of anilines is 3. The van der Waals surface area contributed by atoms with Gasteiger partial charge in [-0.3, -0.25) is 4.79 Å². The lowest BCUT2D eigenvalue weighted by Gasteiger charge is -2.22. The van der Waals surface area contributed by atoms with Crippen molar-refractivity contribution in [3.8, 4) is 0 Å². The van der Waals surface area contributed by atoms with Gasteiger partial charge in [-0.05, 0) is 60.6 Å². The number of nitrogens with two attached hydrogens (primary N) is 1. The molecule has 0 aromatic heterocycles. The Labute approximate surface area is 156 Å². The molecule has 1 amide bonds. The molecule has 0 radical (unpaired) electrons. The van der Waals surface area contributed by atoms with E-state index in [-0.39, 0.29) is 11.3 Å². The van der Waals surface area contributed by atoms with E-state index in [0.29, 0.717) is 16.9 Å². The van der Waals surface area contributed by atoms with E-state index >= 15 is 0 Å². The molecule has 4 nitrogen and oxygen atoms in total. The van der Waals surface area contributed by atoms with Crippen molar-refractivity contribution in [2.45, 2.75) is 46.0 Å². The molecule has 0 saturated carbocycles. The van der Waals surface area contributed by atoms with Crippen LogP contribution in [-0.4, -0.2) is 19.0 Å². The summed E-state index contributed by atoms with van der Waals surface area (Å²) in [7, 11) is 0. The second-order valence-electron chi connectivity index (χ2n) is 8.20. The second kappa shape index (κ2) is 7.02. The molecule has 0 aliphatic carbocycles. The van der Waals surface area contributed by atoms with E-state index in [1.807, 2.05) is 36.4 Å². The average Bonchev–Trinajstić information content (AvgIpc) is 3.11. The van der Waals surface area contributed by atoms with Crippen LogP contribution in [0.3, 0.4) is 0 Å². The van der Waals surface area contributed by atoms with Crippen molar-refractivity contribution in [2.75, 3.05) is 29.0 Å². The van der Waals surface area contributed by atoms with Gasteiger partial charge in [-0.2, -0.15) is 0 Å². The summed E-state index contributed by atoms with van der Waals surface area (Å²) in [6, 6.07) is 11.7. The van der Waals surface area contributed by atoms with E-state index in [2.05, 4.69) is 37.9 Å². The molecule has 1 fully saturated rings. The zero-order valence-electron chi connectivity index (χ0n) is 16.2. The van der Waals surface area contributed by atoms with Crippen LogP contribution in [0, 0.1) is 6.92 Å². The van der Waals surface area contributed by atoms with Crippen LogP contribution in [0.4, 0.5) is 17.1 Å². The summed E-state index contributed by atoms with van der Waals surface area (Å²) in [5, 5.41) is 2.99. The number of carbonyl (C=O) groups is 1. The highest BCUT2D eigenvalue weighted by molar-refractivity contribution is 6.06. The smallest absolute Gasteiger partial charge is 0.255 e. The molecule has 3 N–H and O–H groups in total. The van der Waals surface area contributed by atoms with E-state index in [1.165, 1.54) is 18.4 Å². The highest BCUT2D eigenvalue weighted by Crippen LogP contribution is 2.32. The molecular formula is C22H29N3O. The number of rotatable bonds is 3. The van der Waals surface area contributed by atoms with E-state index in [9.17, 15) is 4.79 Å². The Morgan fingerprint density at radius 1 is 1.08 bits per heavy atom. The molecule has 26 heavy (non-hydrogen) atoms. The van der Waals surface area contributed by atoms with Crippen molar-refractivity contribution >= 4 is 23.0 Å². The third-order valence-corrected chi connectivity index (χ3v) is 5.08. The first kappa shape index (κ1) is 18.3. The number of nitrogens with one attached hydrogen (secondary N) is 1. The highest BCUT2D eigenvalue weighted by atomic mass is 16.1. The van der Waals surface area contributed by atoms with Crippen LogP contribution in [0.25, 0.3) is 0 Å². The van der Waals surface area contributed by atoms with Gasteiger partial charge in [0.15, 0.2) is 0 Å². The molecule has 2 aromatic carbocycles. The van der Waals surface area contributed by atoms with Gasteiger partial charge in [-0.25, -0.2) is 0 Å². The molecule has 1 heterocycles. The third kappa shape index (κ3) is 3.85. The number of aryl methyl sites for hydroxylation is 1. The number of carbonyl (C=O) groups excluding carboxylic acids is 1. The lowest BCUT2D eigenvalue weighted by molar-refractivity contribution is 0.102. The van der Waals surface area contributed by atoms with Crippen molar-refractivity contribution < 1.29 is 4.79 Å². The van der Waals surface area contributed by atoms with E-state index in [1.54, 1.807) is 0 Å². The van der Waals surface area contributed by atoms with Crippen molar-refractivity contribution in [1.29, 1.82) is 0 Å². The summed E-state index contributed by atoms with van der Waals surface area (Å²) in [6.45, 7) is 10.7. The van der Waals surface area contributed by atoms with Crippen LogP contribution in [0.5, 0.6) is 0 Å². The first-order valence-electron chi connectivity index (χ1n) is 9.32. The Kier molecular flexibility index (Phi) is 4.94. The van der Waals surface area contributed by atoms with Crippen LogP contribution < -0.4 is 16.0 Å². The maximum Gasteiger partial charge on any atom is 0.255 e. The van der Waals surface area contributed by atoms with Crippen LogP contribution in [-0.2, 0) is 5.41 Å². The lowest BCUT2D eigenvalue weighted by Crippen LogP contribution is -2.20. The summed E-state index contributed by atoms with van der Waals surface area (Å²) in [6.07, 6.45) is 2.43. The number of hydrogen-bond donors (Lipinski definition) is 2. The fourth-order valence-corrected chi connectivity index (χ4v) is 3.44. The average molecular weight is 351 g/mol. The molecule has 2 aromatic rings.